The van der Waals surface area contributed by atoms with Crippen LogP contribution in [-0.4, -0.2) is 19.0 Å². The molecule has 24 heavy (non-hydrogen) atoms. The SMILES string of the molecule is NC(=O)c1c(Nc2ccc(I)cc2F)cc(F)c(C2CNC2)c1F. The minimum Gasteiger partial charge on any atom is -0.365 e. The van der Waals surface area contributed by atoms with Crippen LogP contribution in [-0.2, 0) is 0 Å². The Bertz CT molecular complexity index is 825. The molecule has 1 saturated heterocycles. The third-order valence-corrected chi connectivity index (χ3v) is 4.56. The number of anilines is 2. The van der Waals surface area contributed by atoms with Crippen molar-refractivity contribution in [1.29, 1.82) is 0 Å². The first kappa shape index (κ1) is 17.0. The van der Waals surface area contributed by atoms with Gasteiger partial charge in [-0.25, -0.2) is 13.2 Å². The van der Waals surface area contributed by atoms with Crippen LogP contribution in [0.5, 0.6) is 0 Å². The summed E-state index contributed by atoms with van der Waals surface area (Å²) >= 11 is 1.94. The lowest BCUT2D eigenvalue weighted by Gasteiger charge is -2.29. The second kappa shape index (κ2) is 6.60. The number of amides is 1. The normalized spacial score (nSPS) is 14.3. The number of benzene rings is 2. The minimum atomic E-state index is -1.05. The van der Waals surface area contributed by atoms with Gasteiger partial charge in [0.05, 0.1) is 16.9 Å². The van der Waals surface area contributed by atoms with Crippen molar-refractivity contribution >= 4 is 39.9 Å². The molecule has 126 valence electrons. The van der Waals surface area contributed by atoms with Crippen LogP contribution in [0.2, 0.25) is 0 Å². The fraction of sp³-hybridized carbons (Fsp3) is 0.188. The molecule has 2 aromatic carbocycles. The Morgan fingerprint density at radius 2 is 1.88 bits per heavy atom. The first-order chi connectivity index (χ1) is 11.4. The summed E-state index contributed by atoms with van der Waals surface area (Å²) in [4.78, 5) is 11.7. The number of carbonyl (C=O) groups excluding carboxylic acids is 1. The fourth-order valence-electron chi connectivity index (χ4n) is 2.58. The number of rotatable bonds is 4. The Labute approximate surface area is 149 Å². The lowest BCUT2D eigenvalue weighted by molar-refractivity contribution is 0.0997. The summed E-state index contributed by atoms with van der Waals surface area (Å²) in [5, 5.41) is 5.47. The van der Waals surface area contributed by atoms with Gasteiger partial charge >= 0.3 is 0 Å². The predicted molar refractivity (Wildman–Crippen MR) is 92.9 cm³/mol. The van der Waals surface area contributed by atoms with E-state index >= 15 is 0 Å². The monoisotopic (exact) mass is 447 g/mol. The second-order valence-corrected chi connectivity index (χ2v) is 6.72. The molecular formula is C16H13F3IN3O. The van der Waals surface area contributed by atoms with Crippen LogP contribution in [0.3, 0.4) is 0 Å². The number of nitrogens with two attached hydrogens (primary N) is 1. The minimum absolute atomic E-state index is 0.00484. The lowest BCUT2D eigenvalue weighted by Crippen LogP contribution is -2.41. The Hall–Kier alpha value is -1.81. The summed E-state index contributed by atoms with van der Waals surface area (Å²) < 4.78 is 43.6. The fourth-order valence-corrected chi connectivity index (χ4v) is 3.03. The van der Waals surface area contributed by atoms with Gasteiger partial charge in [-0.1, -0.05) is 0 Å². The highest BCUT2D eigenvalue weighted by Crippen LogP contribution is 2.33. The number of hydrogen-bond donors (Lipinski definition) is 3. The summed E-state index contributed by atoms with van der Waals surface area (Å²) in [6, 6.07) is 5.28. The molecule has 0 saturated carbocycles. The largest absolute Gasteiger partial charge is 0.365 e. The van der Waals surface area contributed by atoms with E-state index < -0.39 is 28.9 Å². The average molecular weight is 447 g/mol. The van der Waals surface area contributed by atoms with Crippen molar-refractivity contribution in [3.63, 3.8) is 0 Å². The molecule has 0 aromatic heterocycles. The average Bonchev–Trinajstić information content (AvgIpc) is 2.43. The van der Waals surface area contributed by atoms with Crippen molar-refractivity contribution in [2.24, 2.45) is 5.73 Å². The van der Waals surface area contributed by atoms with Gasteiger partial charge in [-0.15, -0.1) is 0 Å². The predicted octanol–water partition coefficient (Wildman–Crippen LogP) is 3.24. The van der Waals surface area contributed by atoms with E-state index in [2.05, 4.69) is 10.6 Å². The first-order valence-corrected chi connectivity index (χ1v) is 8.21. The van der Waals surface area contributed by atoms with Crippen LogP contribution in [0.25, 0.3) is 0 Å². The number of hydrogen-bond acceptors (Lipinski definition) is 3. The highest BCUT2D eigenvalue weighted by molar-refractivity contribution is 14.1. The summed E-state index contributed by atoms with van der Waals surface area (Å²) in [5.41, 5.74) is 4.41. The molecule has 4 nitrogen and oxygen atoms in total. The first-order valence-electron chi connectivity index (χ1n) is 7.13. The van der Waals surface area contributed by atoms with E-state index in [1.165, 1.54) is 12.1 Å². The third kappa shape index (κ3) is 3.07. The Morgan fingerprint density at radius 3 is 2.42 bits per heavy atom. The molecule has 4 N–H and O–H groups in total. The molecule has 0 unspecified atom stereocenters. The molecule has 0 radical (unpaired) electrons. The van der Waals surface area contributed by atoms with Crippen molar-refractivity contribution in [3.8, 4) is 0 Å². The second-order valence-electron chi connectivity index (χ2n) is 5.48. The van der Waals surface area contributed by atoms with Crippen molar-refractivity contribution in [1.82, 2.24) is 5.32 Å². The molecule has 1 aliphatic rings. The number of carbonyl (C=O) groups is 1. The van der Waals surface area contributed by atoms with Crippen LogP contribution >= 0.6 is 22.6 Å². The van der Waals surface area contributed by atoms with Gasteiger partial charge in [-0.2, -0.15) is 0 Å². The van der Waals surface area contributed by atoms with Crippen molar-refractivity contribution < 1.29 is 18.0 Å². The summed E-state index contributed by atoms with van der Waals surface area (Å²) in [5.74, 6) is -3.80. The van der Waals surface area contributed by atoms with Gasteiger partial charge in [0, 0.05) is 28.1 Å². The van der Waals surface area contributed by atoms with Gasteiger partial charge in [-0.3, -0.25) is 4.79 Å². The molecule has 1 amide bonds. The van der Waals surface area contributed by atoms with E-state index in [1.54, 1.807) is 6.07 Å². The molecule has 1 heterocycles. The van der Waals surface area contributed by atoms with E-state index in [4.69, 9.17) is 5.73 Å². The molecule has 0 bridgehead atoms. The van der Waals surface area contributed by atoms with E-state index in [0.717, 1.165) is 6.07 Å². The zero-order valence-electron chi connectivity index (χ0n) is 12.3. The van der Waals surface area contributed by atoms with Crippen LogP contribution in [0.1, 0.15) is 21.8 Å². The van der Waals surface area contributed by atoms with Crippen molar-refractivity contribution in [3.05, 3.63) is 56.4 Å². The van der Waals surface area contributed by atoms with Crippen LogP contribution in [0.15, 0.2) is 24.3 Å². The molecule has 0 spiro atoms. The number of nitrogens with one attached hydrogen (secondary N) is 2. The molecule has 3 rings (SSSR count). The van der Waals surface area contributed by atoms with Crippen molar-refractivity contribution in [2.75, 3.05) is 18.4 Å². The highest BCUT2D eigenvalue weighted by Gasteiger charge is 2.30. The standard InChI is InChI=1S/C16H13F3IN3O/c17-9-3-8(20)1-2-11(9)23-12-4-10(18)13(7-5-22-6-7)15(19)14(12)16(21)24/h1-4,7,22-23H,5-6H2,(H2,21,24). The Kier molecular flexibility index (Phi) is 4.68. The summed E-state index contributed by atoms with van der Waals surface area (Å²) in [6.07, 6.45) is 0. The topological polar surface area (TPSA) is 67.2 Å². The van der Waals surface area contributed by atoms with Gasteiger partial charge in [0.15, 0.2) is 0 Å². The molecular weight excluding hydrogens is 434 g/mol. The maximum atomic E-state index is 14.7. The van der Waals surface area contributed by atoms with E-state index in [-0.39, 0.29) is 22.9 Å². The molecule has 2 aromatic rings. The maximum absolute atomic E-state index is 14.7. The zero-order valence-corrected chi connectivity index (χ0v) is 14.5. The van der Waals surface area contributed by atoms with Gasteiger partial charge in [0.25, 0.3) is 5.91 Å². The van der Waals surface area contributed by atoms with E-state index in [1.807, 2.05) is 22.6 Å². The van der Waals surface area contributed by atoms with Crippen LogP contribution in [0.4, 0.5) is 24.5 Å². The summed E-state index contributed by atoms with van der Waals surface area (Å²) in [7, 11) is 0. The molecule has 1 fully saturated rings. The van der Waals surface area contributed by atoms with Crippen LogP contribution < -0.4 is 16.4 Å². The molecule has 1 aliphatic heterocycles. The van der Waals surface area contributed by atoms with Crippen molar-refractivity contribution in [2.45, 2.75) is 5.92 Å². The lowest BCUT2D eigenvalue weighted by atomic mass is 9.90. The Morgan fingerprint density at radius 1 is 1.17 bits per heavy atom. The smallest absolute Gasteiger partial charge is 0.253 e. The number of halogens is 4. The molecule has 0 atom stereocenters. The maximum Gasteiger partial charge on any atom is 0.253 e. The molecule has 8 heteroatoms. The Balaban J connectivity index is 2.08. The van der Waals surface area contributed by atoms with E-state index in [9.17, 15) is 18.0 Å². The van der Waals surface area contributed by atoms with Gasteiger partial charge in [-0.05, 0) is 46.9 Å². The van der Waals surface area contributed by atoms with E-state index in [0.29, 0.717) is 16.7 Å². The third-order valence-electron chi connectivity index (χ3n) is 3.89. The zero-order chi connectivity index (χ0) is 17.4. The van der Waals surface area contributed by atoms with Gasteiger partial charge in [0.2, 0.25) is 0 Å². The van der Waals surface area contributed by atoms with Crippen LogP contribution in [0, 0.1) is 21.0 Å². The summed E-state index contributed by atoms with van der Waals surface area (Å²) in [6.45, 7) is 0.842. The molecule has 0 aliphatic carbocycles. The van der Waals surface area contributed by atoms with Gasteiger partial charge in [0.1, 0.15) is 17.5 Å². The van der Waals surface area contributed by atoms with Gasteiger partial charge < -0.3 is 16.4 Å². The number of primary amides is 1. The highest BCUT2D eigenvalue weighted by atomic mass is 127. The quantitative estimate of drug-likeness (QED) is 0.631.